The average molecular weight is 499 g/mol. The highest BCUT2D eigenvalue weighted by molar-refractivity contribution is 6.19. The molecule has 0 aliphatic heterocycles. The molecule has 0 saturated carbocycles. The van der Waals surface area contributed by atoms with Crippen molar-refractivity contribution in [1.29, 1.82) is 0 Å². The van der Waals surface area contributed by atoms with Gasteiger partial charge in [0.15, 0.2) is 0 Å². The highest BCUT2D eigenvalue weighted by Crippen LogP contribution is 2.43. The van der Waals surface area contributed by atoms with E-state index in [4.69, 9.17) is 4.42 Å². The van der Waals surface area contributed by atoms with Gasteiger partial charge in [-0.15, -0.1) is 0 Å². The van der Waals surface area contributed by atoms with E-state index in [0.29, 0.717) is 0 Å². The van der Waals surface area contributed by atoms with Gasteiger partial charge in [-0.25, -0.2) is 0 Å². The molecule has 0 aliphatic rings. The van der Waals surface area contributed by atoms with E-state index in [9.17, 15) is 0 Å². The minimum absolute atomic E-state index is 0.831. The lowest BCUT2D eigenvalue weighted by Gasteiger charge is -2.19. The number of furan rings is 1. The topological polar surface area (TPSA) is 13.1 Å². The van der Waals surface area contributed by atoms with Crippen LogP contribution in [0.3, 0.4) is 0 Å². The maximum absolute atomic E-state index is 6.30. The predicted octanol–water partition coefficient (Wildman–Crippen LogP) is 10.6. The van der Waals surface area contributed by atoms with E-state index in [1.54, 1.807) is 0 Å². The number of rotatable bonds is 3. The van der Waals surface area contributed by atoms with Crippen LogP contribution < -0.4 is 0 Å². The van der Waals surface area contributed by atoms with Crippen LogP contribution in [-0.2, 0) is 6.42 Å². The smallest absolute Gasteiger partial charge is 0.135 e. The van der Waals surface area contributed by atoms with Crippen molar-refractivity contribution in [2.75, 3.05) is 0 Å². The Kier molecular flexibility index (Phi) is 4.87. The molecule has 0 spiro atoms. The highest BCUT2D eigenvalue weighted by atomic mass is 16.3. The van der Waals surface area contributed by atoms with Gasteiger partial charge >= 0.3 is 0 Å². The summed E-state index contributed by atoms with van der Waals surface area (Å²) in [6, 6.07) is 46.1. The summed E-state index contributed by atoms with van der Waals surface area (Å²) in [7, 11) is 0. The lowest BCUT2D eigenvalue weighted by atomic mass is 9.84. The average Bonchev–Trinajstić information content (AvgIpc) is 3.38. The van der Waals surface area contributed by atoms with Crippen molar-refractivity contribution in [3.05, 3.63) is 144 Å². The quantitative estimate of drug-likeness (QED) is 0.221. The summed E-state index contributed by atoms with van der Waals surface area (Å²) in [5.74, 6) is 0. The highest BCUT2D eigenvalue weighted by Gasteiger charge is 2.19. The van der Waals surface area contributed by atoms with Gasteiger partial charge in [0.1, 0.15) is 11.2 Å². The zero-order valence-electron chi connectivity index (χ0n) is 21.7. The third-order valence-electron chi connectivity index (χ3n) is 8.29. The number of fused-ring (bicyclic) bond motifs is 6. The normalized spacial score (nSPS) is 11.8. The second-order valence-electron chi connectivity index (χ2n) is 10.5. The first-order chi connectivity index (χ1) is 19.3. The Labute approximate surface area is 226 Å². The van der Waals surface area contributed by atoms with Gasteiger partial charge in [0.2, 0.25) is 0 Å². The minimum Gasteiger partial charge on any atom is -0.456 e. The maximum atomic E-state index is 6.30. The summed E-state index contributed by atoms with van der Waals surface area (Å²) in [6.45, 7) is 2.18. The van der Waals surface area contributed by atoms with Gasteiger partial charge in [0.25, 0.3) is 0 Å². The third-order valence-corrected chi connectivity index (χ3v) is 8.29. The van der Waals surface area contributed by atoms with Crippen LogP contribution in [0, 0.1) is 6.92 Å². The minimum atomic E-state index is 0.831. The van der Waals surface area contributed by atoms with Crippen molar-refractivity contribution in [1.82, 2.24) is 0 Å². The number of hydrogen-bond donors (Lipinski definition) is 0. The van der Waals surface area contributed by atoms with Gasteiger partial charge in [0.05, 0.1) is 0 Å². The van der Waals surface area contributed by atoms with E-state index >= 15 is 0 Å². The first-order valence-electron chi connectivity index (χ1n) is 13.6. The molecule has 1 aromatic heterocycles. The van der Waals surface area contributed by atoms with Gasteiger partial charge in [-0.3, -0.25) is 0 Å². The number of aryl methyl sites for hydroxylation is 1. The molecule has 0 saturated heterocycles. The first kappa shape index (κ1) is 22.1. The molecular formula is C38H26O. The van der Waals surface area contributed by atoms with Gasteiger partial charge < -0.3 is 4.42 Å². The van der Waals surface area contributed by atoms with Crippen LogP contribution in [-0.4, -0.2) is 0 Å². The molecule has 8 aromatic rings. The van der Waals surface area contributed by atoms with Crippen molar-refractivity contribution in [3.8, 4) is 11.1 Å². The molecule has 0 bridgehead atoms. The van der Waals surface area contributed by atoms with Crippen LogP contribution in [0.4, 0.5) is 0 Å². The van der Waals surface area contributed by atoms with Gasteiger partial charge in [0, 0.05) is 10.8 Å². The van der Waals surface area contributed by atoms with Crippen molar-refractivity contribution in [3.63, 3.8) is 0 Å². The lowest BCUT2D eigenvalue weighted by molar-refractivity contribution is 0.668. The summed E-state index contributed by atoms with van der Waals surface area (Å²) in [6.07, 6.45) is 0.831. The molecule has 1 nitrogen and oxygen atoms in total. The van der Waals surface area contributed by atoms with Gasteiger partial charge in [-0.1, -0.05) is 115 Å². The predicted molar refractivity (Wildman–Crippen MR) is 166 cm³/mol. The van der Waals surface area contributed by atoms with Crippen molar-refractivity contribution >= 4 is 54.3 Å². The van der Waals surface area contributed by atoms with Crippen molar-refractivity contribution in [2.45, 2.75) is 13.3 Å². The van der Waals surface area contributed by atoms with E-state index < -0.39 is 0 Å². The molecule has 8 rings (SSSR count). The van der Waals surface area contributed by atoms with Crippen LogP contribution in [0.1, 0.15) is 16.7 Å². The third kappa shape index (κ3) is 3.33. The molecule has 0 N–H and O–H groups in total. The van der Waals surface area contributed by atoms with Crippen LogP contribution in [0.5, 0.6) is 0 Å². The molecule has 7 aromatic carbocycles. The van der Waals surface area contributed by atoms with E-state index in [1.165, 1.54) is 70.9 Å². The zero-order valence-corrected chi connectivity index (χ0v) is 21.7. The Hall–Kier alpha value is -4.88. The van der Waals surface area contributed by atoms with Crippen LogP contribution in [0.25, 0.3) is 65.4 Å². The maximum Gasteiger partial charge on any atom is 0.135 e. The van der Waals surface area contributed by atoms with Gasteiger partial charge in [-0.2, -0.15) is 0 Å². The Morgan fingerprint density at radius 3 is 1.79 bits per heavy atom. The molecule has 0 unspecified atom stereocenters. The fraction of sp³-hybridized carbons (Fsp3) is 0.0526. The fourth-order valence-electron chi connectivity index (χ4n) is 6.59. The summed E-state index contributed by atoms with van der Waals surface area (Å²) >= 11 is 0. The van der Waals surface area contributed by atoms with Crippen LogP contribution in [0.15, 0.2) is 132 Å². The molecule has 39 heavy (non-hydrogen) atoms. The Bertz CT molecular complexity index is 2150. The standard InChI is InChI=1S/C38H26O/c1-24-11-8-21-34-36(24)37-26(14-10-22-35(37)39-34)23-33-28-16-4-6-18-31(28)38(32-19-7-5-17-29(32)33)30-20-9-13-25-12-2-3-15-27(25)30/h2-22H,23H2,1H3. The molecule has 0 fully saturated rings. The fourth-order valence-corrected chi connectivity index (χ4v) is 6.59. The number of benzene rings is 7. The van der Waals surface area contributed by atoms with Crippen molar-refractivity contribution < 1.29 is 4.42 Å². The van der Waals surface area contributed by atoms with E-state index in [0.717, 1.165) is 17.6 Å². The second-order valence-corrected chi connectivity index (χ2v) is 10.5. The number of hydrogen-bond acceptors (Lipinski definition) is 1. The molecular weight excluding hydrogens is 472 g/mol. The second kappa shape index (κ2) is 8.58. The van der Waals surface area contributed by atoms with Crippen LogP contribution >= 0.6 is 0 Å². The molecule has 184 valence electrons. The first-order valence-corrected chi connectivity index (χ1v) is 13.6. The Morgan fingerprint density at radius 2 is 1.05 bits per heavy atom. The summed E-state index contributed by atoms with van der Waals surface area (Å²) in [5.41, 5.74) is 8.42. The Morgan fingerprint density at radius 1 is 0.487 bits per heavy atom. The lowest BCUT2D eigenvalue weighted by Crippen LogP contribution is -1.96. The van der Waals surface area contributed by atoms with Gasteiger partial charge in [-0.05, 0) is 85.6 Å². The molecule has 1 heteroatoms. The molecule has 0 aliphatic carbocycles. The van der Waals surface area contributed by atoms with E-state index in [2.05, 4.69) is 134 Å². The molecule has 1 heterocycles. The van der Waals surface area contributed by atoms with Crippen LogP contribution in [0.2, 0.25) is 0 Å². The van der Waals surface area contributed by atoms with Crippen molar-refractivity contribution in [2.24, 2.45) is 0 Å². The SMILES string of the molecule is Cc1cccc2oc3cccc(Cc4c5ccccc5c(-c5cccc6ccccc56)c5ccccc45)c3c12. The summed E-state index contributed by atoms with van der Waals surface area (Å²) in [5, 5.41) is 10.2. The molecule has 0 amide bonds. The monoisotopic (exact) mass is 498 g/mol. The summed E-state index contributed by atoms with van der Waals surface area (Å²) < 4.78 is 6.30. The summed E-state index contributed by atoms with van der Waals surface area (Å²) in [4.78, 5) is 0. The van der Waals surface area contributed by atoms with E-state index in [-0.39, 0.29) is 0 Å². The Balaban J connectivity index is 1.46. The zero-order chi connectivity index (χ0) is 25.9. The van der Waals surface area contributed by atoms with E-state index in [1.807, 2.05) is 0 Å². The molecule has 0 radical (unpaired) electrons. The molecule has 0 atom stereocenters. The largest absolute Gasteiger partial charge is 0.456 e.